The Labute approximate surface area is 149 Å². The van der Waals surface area contributed by atoms with Gasteiger partial charge < -0.3 is 9.64 Å². The maximum Gasteiger partial charge on any atom is 0.256 e. The van der Waals surface area contributed by atoms with Gasteiger partial charge in [0.2, 0.25) is 0 Å². The van der Waals surface area contributed by atoms with Crippen LogP contribution >= 0.6 is 23.1 Å². The number of ether oxygens (including phenoxy) is 1. The number of carbonyl (C=O) groups is 1. The zero-order valence-corrected chi connectivity index (χ0v) is 15.3. The molecule has 2 aliphatic heterocycles. The van der Waals surface area contributed by atoms with E-state index in [1.807, 2.05) is 18.5 Å². The maximum absolute atomic E-state index is 13.1. The van der Waals surface area contributed by atoms with Gasteiger partial charge in [-0.3, -0.25) is 9.89 Å². The fourth-order valence-corrected chi connectivity index (χ4v) is 5.60. The molecule has 1 amide bonds. The second-order valence-corrected chi connectivity index (χ2v) is 8.39. The number of aromatic nitrogens is 2. The van der Waals surface area contributed by atoms with Crippen molar-refractivity contribution in [2.24, 2.45) is 5.92 Å². The van der Waals surface area contributed by atoms with Crippen LogP contribution in [0, 0.1) is 5.92 Å². The van der Waals surface area contributed by atoms with Gasteiger partial charge in [-0.2, -0.15) is 5.10 Å². The average molecular weight is 364 g/mol. The van der Waals surface area contributed by atoms with Crippen LogP contribution in [0.25, 0.3) is 10.6 Å². The van der Waals surface area contributed by atoms with Crippen molar-refractivity contribution < 1.29 is 9.53 Å². The van der Waals surface area contributed by atoms with Crippen molar-refractivity contribution in [3.05, 3.63) is 23.4 Å². The van der Waals surface area contributed by atoms with Crippen molar-refractivity contribution in [3.8, 4) is 10.6 Å². The van der Waals surface area contributed by atoms with Crippen LogP contribution in [-0.2, 0) is 11.2 Å². The number of H-pyrrole nitrogens is 1. The van der Waals surface area contributed by atoms with Gasteiger partial charge in [-0.25, -0.2) is 0 Å². The number of carbonyl (C=O) groups excluding carboxylic acids is 1. The first-order valence-corrected chi connectivity index (χ1v) is 10.4. The zero-order valence-electron chi connectivity index (χ0n) is 13.7. The third kappa shape index (κ3) is 2.89. The van der Waals surface area contributed by atoms with Gasteiger partial charge in [-0.05, 0) is 43.1 Å². The molecule has 0 aliphatic carbocycles. The molecule has 1 fully saturated rings. The smallest absolute Gasteiger partial charge is 0.256 e. The predicted molar refractivity (Wildman–Crippen MR) is 96.8 cm³/mol. The largest absolute Gasteiger partial charge is 0.381 e. The number of rotatable bonds is 4. The van der Waals surface area contributed by atoms with Gasteiger partial charge in [0.1, 0.15) is 5.69 Å². The van der Waals surface area contributed by atoms with Crippen molar-refractivity contribution in [1.82, 2.24) is 15.1 Å². The first-order chi connectivity index (χ1) is 11.8. The number of thioether (sulfide) groups is 1. The minimum absolute atomic E-state index is 0.199. The maximum atomic E-state index is 13.1. The summed E-state index contributed by atoms with van der Waals surface area (Å²) in [4.78, 5) is 16.3. The van der Waals surface area contributed by atoms with Crippen LogP contribution < -0.4 is 0 Å². The van der Waals surface area contributed by atoms with E-state index in [1.165, 1.54) is 5.56 Å². The molecule has 1 N–H and O–H groups in total. The van der Waals surface area contributed by atoms with E-state index in [-0.39, 0.29) is 5.91 Å². The number of hydrogen-bond acceptors (Lipinski definition) is 5. The summed E-state index contributed by atoms with van der Waals surface area (Å²) < 4.78 is 6.55. The van der Waals surface area contributed by atoms with Gasteiger partial charge in [0.05, 0.1) is 14.6 Å². The summed E-state index contributed by atoms with van der Waals surface area (Å²) in [5.41, 5.74) is 3.05. The highest BCUT2D eigenvalue weighted by Gasteiger charge is 2.33. The molecule has 4 heterocycles. The quantitative estimate of drug-likeness (QED) is 0.847. The van der Waals surface area contributed by atoms with Gasteiger partial charge in [0.25, 0.3) is 5.91 Å². The molecular weight excluding hydrogens is 342 g/mol. The fourth-order valence-electron chi connectivity index (χ4n) is 3.56. The number of aromatic amines is 1. The number of nitrogens with one attached hydrogen (secondary N) is 1. The molecule has 2 aliphatic rings. The Balaban J connectivity index is 1.62. The Bertz CT molecular complexity index is 721. The fraction of sp³-hybridized carbons (Fsp3) is 0.529. The van der Waals surface area contributed by atoms with Crippen LogP contribution in [0.15, 0.2) is 16.5 Å². The molecule has 0 aromatic carbocycles. The summed E-state index contributed by atoms with van der Waals surface area (Å²) in [6, 6.07) is 1.98. The molecule has 0 spiro atoms. The van der Waals surface area contributed by atoms with Gasteiger partial charge in [-0.15, -0.1) is 23.1 Å². The van der Waals surface area contributed by atoms with Crippen LogP contribution in [0.4, 0.5) is 0 Å². The van der Waals surface area contributed by atoms with E-state index in [1.54, 1.807) is 23.1 Å². The highest BCUT2D eigenvalue weighted by atomic mass is 32.2. The van der Waals surface area contributed by atoms with Crippen molar-refractivity contribution in [2.45, 2.75) is 23.5 Å². The lowest BCUT2D eigenvalue weighted by Crippen LogP contribution is -2.41. The molecular formula is C17H21N3O2S2. The van der Waals surface area contributed by atoms with E-state index < -0.39 is 0 Å². The Kier molecular flexibility index (Phi) is 4.65. The monoisotopic (exact) mass is 363 g/mol. The Morgan fingerprint density at radius 2 is 2.29 bits per heavy atom. The van der Waals surface area contributed by atoms with E-state index in [9.17, 15) is 4.79 Å². The number of amides is 1. The second kappa shape index (κ2) is 6.90. The molecule has 24 heavy (non-hydrogen) atoms. The van der Waals surface area contributed by atoms with E-state index >= 15 is 0 Å². The van der Waals surface area contributed by atoms with Gasteiger partial charge in [0, 0.05) is 32.5 Å². The van der Waals surface area contributed by atoms with E-state index in [4.69, 9.17) is 4.74 Å². The van der Waals surface area contributed by atoms with Crippen LogP contribution in [-0.4, -0.2) is 53.6 Å². The highest BCUT2D eigenvalue weighted by Crippen LogP contribution is 2.43. The topological polar surface area (TPSA) is 58.2 Å². The lowest BCUT2D eigenvalue weighted by atomic mass is 9.96. The molecule has 0 radical (unpaired) electrons. The summed E-state index contributed by atoms with van der Waals surface area (Å²) in [5.74, 6) is 0.775. The third-order valence-corrected chi connectivity index (χ3v) is 7.22. The van der Waals surface area contributed by atoms with Crippen molar-refractivity contribution in [3.63, 3.8) is 0 Å². The summed E-state index contributed by atoms with van der Waals surface area (Å²) in [7, 11) is 0. The van der Waals surface area contributed by atoms with Crippen LogP contribution in [0.2, 0.25) is 0 Å². The molecule has 4 rings (SSSR count). The molecule has 0 saturated carbocycles. The van der Waals surface area contributed by atoms with Gasteiger partial charge in [0.15, 0.2) is 0 Å². The first kappa shape index (κ1) is 16.2. The first-order valence-electron chi connectivity index (χ1n) is 8.34. The molecule has 1 saturated heterocycles. The molecule has 0 bridgehead atoms. The minimum Gasteiger partial charge on any atom is -0.381 e. The van der Waals surface area contributed by atoms with Crippen molar-refractivity contribution >= 4 is 29.0 Å². The Morgan fingerprint density at radius 1 is 1.46 bits per heavy atom. The van der Waals surface area contributed by atoms with Crippen LogP contribution in [0.1, 0.15) is 28.8 Å². The molecule has 0 atom stereocenters. The SMILES string of the molecule is CSc1sc(-c2cc[nH]n2)c2c1C(=O)N(CC1CCOCC1)CC2. The van der Waals surface area contributed by atoms with Crippen molar-refractivity contribution in [2.75, 3.05) is 32.6 Å². The standard InChI is InChI=1S/C17H21N3O2S2/c1-23-17-14-12(15(24-17)13-2-6-18-19-13)3-7-20(16(14)21)10-11-4-8-22-9-5-11/h2,6,11H,3-5,7-10H2,1H3,(H,18,19). The van der Waals surface area contributed by atoms with E-state index in [0.717, 1.165) is 65.9 Å². The molecule has 128 valence electrons. The van der Waals surface area contributed by atoms with E-state index in [0.29, 0.717) is 5.92 Å². The Morgan fingerprint density at radius 3 is 3.00 bits per heavy atom. The predicted octanol–water partition coefficient (Wildman–Crippen LogP) is 3.29. The second-order valence-electron chi connectivity index (χ2n) is 6.29. The number of fused-ring (bicyclic) bond motifs is 1. The van der Waals surface area contributed by atoms with Crippen LogP contribution in [0.5, 0.6) is 0 Å². The summed E-state index contributed by atoms with van der Waals surface area (Å²) in [5, 5.41) is 7.20. The lowest BCUT2D eigenvalue weighted by Gasteiger charge is -2.32. The summed E-state index contributed by atoms with van der Waals surface area (Å²) in [6.07, 6.45) is 6.93. The average Bonchev–Trinajstić information content (AvgIpc) is 3.25. The number of nitrogens with zero attached hydrogens (tertiary/aromatic N) is 2. The zero-order chi connectivity index (χ0) is 16.5. The summed E-state index contributed by atoms with van der Waals surface area (Å²) >= 11 is 3.36. The van der Waals surface area contributed by atoms with Crippen LogP contribution in [0.3, 0.4) is 0 Å². The number of hydrogen-bond donors (Lipinski definition) is 1. The van der Waals surface area contributed by atoms with Crippen molar-refractivity contribution in [1.29, 1.82) is 0 Å². The minimum atomic E-state index is 0.199. The Hall–Kier alpha value is -1.31. The normalized spacial score (nSPS) is 18.9. The van der Waals surface area contributed by atoms with Gasteiger partial charge in [-0.1, -0.05) is 0 Å². The number of thiophene rings is 1. The summed E-state index contributed by atoms with van der Waals surface area (Å²) in [6.45, 7) is 3.33. The molecule has 2 aromatic rings. The lowest BCUT2D eigenvalue weighted by molar-refractivity contribution is 0.0448. The van der Waals surface area contributed by atoms with E-state index in [2.05, 4.69) is 15.1 Å². The molecule has 2 aromatic heterocycles. The molecule has 0 unspecified atom stereocenters. The highest BCUT2D eigenvalue weighted by molar-refractivity contribution is 8.00. The molecule has 5 nitrogen and oxygen atoms in total. The third-order valence-electron chi connectivity index (χ3n) is 4.85. The molecule has 7 heteroatoms. The van der Waals surface area contributed by atoms with Gasteiger partial charge >= 0.3 is 0 Å².